The second kappa shape index (κ2) is 3.68. The summed E-state index contributed by atoms with van der Waals surface area (Å²) >= 11 is 0. The Bertz CT molecular complexity index is 249. The summed E-state index contributed by atoms with van der Waals surface area (Å²) in [5, 5.41) is 3.30. The van der Waals surface area contributed by atoms with Crippen molar-refractivity contribution in [3.8, 4) is 0 Å². The molecule has 0 unspecified atom stereocenters. The van der Waals surface area contributed by atoms with Gasteiger partial charge in [-0.3, -0.25) is 10.3 Å². The number of rotatable bonds is 3. The minimum absolute atomic E-state index is 0.564. The summed E-state index contributed by atoms with van der Waals surface area (Å²) in [5.41, 5.74) is 10.7. The Labute approximate surface area is 64.7 Å². The molecule has 0 bridgehead atoms. The number of nitrogens with one attached hydrogen (secondary N) is 2. The molecule has 0 saturated carbocycles. The van der Waals surface area contributed by atoms with Gasteiger partial charge in [-0.1, -0.05) is 12.1 Å². The molecule has 0 saturated heterocycles. The molecule has 0 radical (unpaired) electrons. The van der Waals surface area contributed by atoms with Crippen molar-refractivity contribution in [3.63, 3.8) is 0 Å². The lowest BCUT2D eigenvalue weighted by Gasteiger charge is -2.03. The first kappa shape index (κ1) is 7.68. The molecule has 1 aromatic carbocycles. The summed E-state index contributed by atoms with van der Waals surface area (Å²) in [4.78, 5) is 4.68. The molecular formula is C7H9N3O. The van der Waals surface area contributed by atoms with Crippen LogP contribution in [0.3, 0.4) is 0 Å². The van der Waals surface area contributed by atoms with E-state index in [2.05, 4.69) is 15.4 Å². The molecule has 0 spiro atoms. The van der Waals surface area contributed by atoms with Gasteiger partial charge in [0, 0.05) is 0 Å². The molecular weight excluding hydrogens is 142 g/mol. The molecule has 0 fully saturated rings. The third-order valence-corrected chi connectivity index (χ3v) is 1.24. The predicted octanol–water partition coefficient (Wildman–Crippen LogP) is 2.32. The highest BCUT2D eigenvalue weighted by Gasteiger charge is 1.96. The van der Waals surface area contributed by atoms with Gasteiger partial charge >= 0.3 is 0 Å². The normalized spacial score (nSPS) is 9.18. The monoisotopic (exact) mass is 151 g/mol. The topological polar surface area (TPSA) is 57.5 Å². The Morgan fingerprint density at radius 3 is 2.82 bits per heavy atom. The largest absolute Gasteiger partial charge is 0.279 e. The lowest BCUT2D eigenvalue weighted by Crippen LogP contribution is -1.94. The van der Waals surface area contributed by atoms with E-state index in [0.717, 1.165) is 0 Å². The fourth-order valence-corrected chi connectivity index (χ4v) is 0.767. The summed E-state index contributed by atoms with van der Waals surface area (Å²) in [6, 6.07) is 7.18. The van der Waals surface area contributed by atoms with Crippen molar-refractivity contribution in [1.82, 2.24) is 0 Å². The Balaban J connectivity index is 2.92. The summed E-state index contributed by atoms with van der Waals surface area (Å²) in [6.07, 6.45) is 0. The number of para-hydroxylation sites is 2. The van der Waals surface area contributed by atoms with Gasteiger partial charge in [0.2, 0.25) is 0 Å². The maximum atomic E-state index is 6.79. The number of hydrogen-bond acceptors (Lipinski definition) is 4. The van der Waals surface area contributed by atoms with E-state index in [-0.39, 0.29) is 0 Å². The van der Waals surface area contributed by atoms with Crippen molar-refractivity contribution in [2.45, 2.75) is 0 Å². The molecule has 0 heterocycles. The molecule has 0 aliphatic heterocycles. The third kappa shape index (κ3) is 1.75. The maximum absolute atomic E-state index is 6.79. The molecule has 0 atom stereocenters. The third-order valence-electron chi connectivity index (χ3n) is 1.24. The molecule has 58 valence electrons. The molecule has 11 heavy (non-hydrogen) atoms. The average Bonchev–Trinajstić information content (AvgIpc) is 2.06. The van der Waals surface area contributed by atoms with Crippen LogP contribution in [0.1, 0.15) is 0 Å². The quantitative estimate of drug-likeness (QED) is 0.514. The van der Waals surface area contributed by atoms with E-state index in [4.69, 9.17) is 5.53 Å². The van der Waals surface area contributed by atoms with Gasteiger partial charge in [0.1, 0.15) is 5.69 Å². The zero-order valence-electron chi connectivity index (χ0n) is 6.16. The van der Waals surface area contributed by atoms with Crippen molar-refractivity contribution in [1.29, 1.82) is 5.53 Å². The SMILES string of the molecule is CONc1ccccc1N=N. The first-order valence-corrected chi connectivity index (χ1v) is 3.14. The van der Waals surface area contributed by atoms with E-state index in [0.29, 0.717) is 11.4 Å². The number of hydrogen-bond donors (Lipinski definition) is 2. The number of nitrogens with zero attached hydrogens (tertiary/aromatic N) is 1. The fraction of sp³-hybridized carbons (Fsp3) is 0.143. The highest BCUT2D eigenvalue weighted by Crippen LogP contribution is 2.23. The van der Waals surface area contributed by atoms with E-state index in [1.165, 1.54) is 7.11 Å². The Morgan fingerprint density at radius 1 is 1.45 bits per heavy atom. The first-order valence-electron chi connectivity index (χ1n) is 3.14. The van der Waals surface area contributed by atoms with Crippen LogP contribution >= 0.6 is 0 Å². The molecule has 4 heteroatoms. The summed E-state index contributed by atoms with van der Waals surface area (Å²) in [7, 11) is 1.51. The van der Waals surface area contributed by atoms with Gasteiger partial charge in [0.25, 0.3) is 0 Å². The lowest BCUT2D eigenvalue weighted by atomic mass is 10.3. The lowest BCUT2D eigenvalue weighted by molar-refractivity contribution is 0.271. The van der Waals surface area contributed by atoms with Crippen LogP contribution in [0.4, 0.5) is 11.4 Å². The maximum Gasteiger partial charge on any atom is 0.110 e. The second-order valence-corrected chi connectivity index (χ2v) is 1.94. The molecule has 0 aliphatic carbocycles. The predicted molar refractivity (Wildman–Crippen MR) is 41.9 cm³/mol. The van der Waals surface area contributed by atoms with Crippen molar-refractivity contribution < 1.29 is 4.84 Å². The van der Waals surface area contributed by atoms with Gasteiger partial charge in [-0.05, 0) is 12.1 Å². The van der Waals surface area contributed by atoms with Gasteiger partial charge in [-0.2, -0.15) is 5.11 Å². The van der Waals surface area contributed by atoms with Gasteiger partial charge in [-0.15, -0.1) is 0 Å². The molecule has 2 N–H and O–H groups in total. The van der Waals surface area contributed by atoms with Crippen molar-refractivity contribution in [3.05, 3.63) is 24.3 Å². The van der Waals surface area contributed by atoms with Crippen LogP contribution in [0.25, 0.3) is 0 Å². The highest BCUT2D eigenvalue weighted by atomic mass is 16.6. The van der Waals surface area contributed by atoms with Crippen LogP contribution in [0, 0.1) is 5.53 Å². The average molecular weight is 151 g/mol. The van der Waals surface area contributed by atoms with Gasteiger partial charge in [-0.25, -0.2) is 5.53 Å². The van der Waals surface area contributed by atoms with Gasteiger partial charge in [0.15, 0.2) is 0 Å². The van der Waals surface area contributed by atoms with Crippen LogP contribution in [-0.2, 0) is 4.84 Å². The molecule has 0 amide bonds. The van der Waals surface area contributed by atoms with E-state index < -0.39 is 0 Å². The fourth-order valence-electron chi connectivity index (χ4n) is 0.767. The molecule has 4 nitrogen and oxygen atoms in total. The molecule has 0 aromatic heterocycles. The van der Waals surface area contributed by atoms with E-state index in [1.807, 2.05) is 12.1 Å². The van der Waals surface area contributed by atoms with Gasteiger partial charge < -0.3 is 0 Å². The van der Waals surface area contributed by atoms with E-state index in [1.54, 1.807) is 12.1 Å². The summed E-state index contributed by atoms with van der Waals surface area (Å²) < 4.78 is 0. The number of anilines is 1. The van der Waals surface area contributed by atoms with Crippen LogP contribution in [-0.4, -0.2) is 7.11 Å². The second-order valence-electron chi connectivity index (χ2n) is 1.94. The standard InChI is InChI=1S/C7H9N3O/c1-11-10-7-5-3-2-4-6(7)9-8/h2-5,8,10H,1H3. The van der Waals surface area contributed by atoms with Crippen molar-refractivity contribution in [2.75, 3.05) is 12.6 Å². The minimum Gasteiger partial charge on any atom is -0.279 e. The van der Waals surface area contributed by atoms with Gasteiger partial charge in [0.05, 0.1) is 12.8 Å². The summed E-state index contributed by atoms with van der Waals surface area (Å²) in [5.74, 6) is 0. The number of benzene rings is 1. The minimum atomic E-state index is 0.564. The van der Waals surface area contributed by atoms with E-state index in [9.17, 15) is 0 Å². The molecule has 1 rings (SSSR count). The summed E-state index contributed by atoms with van der Waals surface area (Å²) in [6.45, 7) is 0. The first-order chi connectivity index (χ1) is 5.38. The van der Waals surface area contributed by atoms with Crippen molar-refractivity contribution >= 4 is 11.4 Å². The highest BCUT2D eigenvalue weighted by molar-refractivity contribution is 5.63. The van der Waals surface area contributed by atoms with Crippen LogP contribution in [0.2, 0.25) is 0 Å². The van der Waals surface area contributed by atoms with E-state index >= 15 is 0 Å². The molecule has 1 aromatic rings. The Kier molecular flexibility index (Phi) is 2.57. The Morgan fingerprint density at radius 2 is 2.18 bits per heavy atom. The van der Waals surface area contributed by atoms with Crippen LogP contribution in [0.15, 0.2) is 29.4 Å². The Hall–Kier alpha value is -1.42. The zero-order chi connectivity index (χ0) is 8.10. The smallest absolute Gasteiger partial charge is 0.110 e. The van der Waals surface area contributed by atoms with Crippen LogP contribution < -0.4 is 5.48 Å². The zero-order valence-corrected chi connectivity index (χ0v) is 6.16. The van der Waals surface area contributed by atoms with Crippen LogP contribution in [0.5, 0.6) is 0 Å². The van der Waals surface area contributed by atoms with Crippen molar-refractivity contribution in [2.24, 2.45) is 5.11 Å². The molecule has 0 aliphatic rings.